The van der Waals surface area contributed by atoms with E-state index in [0.717, 1.165) is 10.6 Å². The third kappa shape index (κ3) is 2.86. The van der Waals surface area contributed by atoms with Gasteiger partial charge >= 0.3 is 0 Å². The van der Waals surface area contributed by atoms with Gasteiger partial charge in [-0.25, -0.2) is 0 Å². The SMILES string of the molecule is Clc1cccc(-c2ccc3cc(-c4ccccc4)ccc3c2)c1. The number of fused-ring (bicyclic) bond motifs is 1. The van der Waals surface area contributed by atoms with E-state index in [0.29, 0.717) is 0 Å². The van der Waals surface area contributed by atoms with E-state index in [1.54, 1.807) is 0 Å². The molecule has 0 spiro atoms. The zero-order valence-corrected chi connectivity index (χ0v) is 13.3. The van der Waals surface area contributed by atoms with Gasteiger partial charge in [-0.15, -0.1) is 0 Å². The summed E-state index contributed by atoms with van der Waals surface area (Å²) in [5.41, 5.74) is 4.82. The molecule has 0 bridgehead atoms. The molecular formula is C22H15Cl. The van der Waals surface area contributed by atoms with E-state index >= 15 is 0 Å². The van der Waals surface area contributed by atoms with Crippen molar-refractivity contribution in [3.05, 3.63) is 96.0 Å². The molecule has 0 saturated carbocycles. The first kappa shape index (κ1) is 14.0. The Morgan fingerprint density at radius 3 is 1.65 bits per heavy atom. The molecule has 110 valence electrons. The number of benzene rings is 4. The van der Waals surface area contributed by atoms with E-state index < -0.39 is 0 Å². The summed E-state index contributed by atoms with van der Waals surface area (Å²) in [6.07, 6.45) is 0. The summed E-state index contributed by atoms with van der Waals surface area (Å²) in [4.78, 5) is 0. The van der Waals surface area contributed by atoms with E-state index in [9.17, 15) is 0 Å². The molecule has 0 aliphatic heterocycles. The second-order valence-corrected chi connectivity index (χ2v) is 6.09. The Bertz CT molecular complexity index is 971. The van der Waals surface area contributed by atoms with Crippen LogP contribution in [0.5, 0.6) is 0 Å². The van der Waals surface area contributed by atoms with Crippen molar-refractivity contribution in [3.8, 4) is 22.3 Å². The lowest BCUT2D eigenvalue weighted by molar-refractivity contribution is 1.62. The maximum Gasteiger partial charge on any atom is 0.0412 e. The maximum atomic E-state index is 6.10. The van der Waals surface area contributed by atoms with Crippen LogP contribution in [0.25, 0.3) is 33.0 Å². The molecule has 0 amide bonds. The van der Waals surface area contributed by atoms with Gasteiger partial charge in [0.1, 0.15) is 0 Å². The molecule has 0 radical (unpaired) electrons. The van der Waals surface area contributed by atoms with Gasteiger partial charge in [-0.1, -0.05) is 78.3 Å². The lowest BCUT2D eigenvalue weighted by Crippen LogP contribution is -1.81. The van der Waals surface area contributed by atoms with Gasteiger partial charge in [0.25, 0.3) is 0 Å². The van der Waals surface area contributed by atoms with Crippen LogP contribution >= 0.6 is 11.6 Å². The number of rotatable bonds is 2. The molecule has 0 N–H and O–H groups in total. The highest BCUT2D eigenvalue weighted by Crippen LogP contribution is 2.29. The van der Waals surface area contributed by atoms with Crippen LogP contribution in [0.3, 0.4) is 0 Å². The molecule has 0 aliphatic rings. The number of halogens is 1. The van der Waals surface area contributed by atoms with Crippen molar-refractivity contribution in [1.29, 1.82) is 0 Å². The molecule has 1 heteroatoms. The van der Waals surface area contributed by atoms with Crippen LogP contribution in [0, 0.1) is 0 Å². The Morgan fingerprint density at radius 2 is 1.00 bits per heavy atom. The highest BCUT2D eigenvalue weighted by Gasteiger charge is 2.03. The fraction of sp³-hybridized carbons (Fsp3) is 0. The smallest absolute Gasteiger partial charge is 0.0412 e. The highest BCUT2D eigenvalue weighted by atomic mass is 35.5. The van der Waals surface area contributed by atoms with Crippen LogP contribution in [0.15, 0.2) is 91.0 Å². The Labute approximate surface area is 141 Å². The highest BCUT2D eigenvalue weighted by molar-refractivity contribution is 6.30. The number of hydrogen-bond donors (Lipinski definition) is 0. The molecule has 0 atom stereocenters. The quantitative estimate of drug-likeness (QED) is 0.380. The minimum absolute atomic E-state index is 0.766. The summed E-state index contributed by atoms with van der Waals surface area (Å²) in [5.74, 6) is 0. The molecular weight excluding hydrogens is 300 g/mol. The molecule has 0 saturated heterocycles. The standard InChI is InChI=1S/C22H15Cl/c23-22-8-4-7-17(15-22)19-11-12-20-13-18(9-10-21(20)14-19)16-5-2-1-3-6-16/h1-15H. The summed E-state index contributed by atoms with van der Waals surface area (Å²) in [6.45, 7) is 0. The van der Waals surface area contributed by atoms with E-state index in [1.807, 2.05) is 24.3 Å². The average Bonchev–Trinajstić information content (AvgIpc) is 2.61. The Kier molecular flexibility index (Phi) is 3.61. The van der Waals surface area contributed by atoms with Crippen molar-refractivity contribution in [1.82, 2.24) is 0 Å². The lowest BCUT2D eigenvalue weighted by atomic mass is 9.98. The van der Waals surface area contributed by atoms with Crippen molar-refractivity contribution < 1.29 is 0 Å². The molecule has 0 unspecified atom stereocenters. The molecule has 0 fully saturated rings. The van der Waals surface area contributed by atoms with E-state index in [-0.39, 0.29) is 0 Å². The molecule has 4 aromatic rings. The van der Waals surface area contributed by atoms with Crippen LogP contribution in [-0.4, -0.2) is 0 Å². The van der Waals surface area contributed by atoms with E-state index in [2.05, 4.69) is 66.7 Å². The fourth-order valence-electron chi connectivity index (χ4n) is 2.90. The van der Waals surface area contributed by atoms with Gasteiger partial charge in [0, 0.05) is 5.02 Å². The van der Waals surface area contributed by atoms with Gasteiger partial charge in [-0.05, 0) is 57.3 Å². The molecule has 0 aliphatic carbocycles. The van der Waals surface area contributed by atoms with Gasteiger partial charge < -0.3 is 0 Å². The zero-order chi connectivity index (χ0) is 15.6. The first-order valence-electron chi connectivity index (χ1n) is 7.65. The van der Waals surface area contributed by atoms with Crippen LogP contribution in [-0.2, 0) is 0 Å². The third-order valence-electron chi connectivity index (χ3n) is 4.11. The summed E-state index contributed by atoms with van der Waals surface area (Å²) >= 11 is 6.10. The summed E-state index contributed by atoms with van der Waals surface area (Å²) < 4.78 is 0. The minimum Gasteiger partial charge on any atom is -0.0843 e. The predicted octanol–water partition coefficient (Wildman–Crippen LogP) is 6.83. The molecule has 4 rings (SSSR count). The Hall–Kier alpha value is -2.57. The minimum atomic E-state index is 0.766. The summed E-state index contributed by atoms with van der Waals surface area (Å²) in [7, 11) is 0. The Balaban J connectivity index is 1.79. The normalized spacial score (nSPS) is 10.8. The van der Waals surface area contributed by atoms with Crippen molar-refractivity contribution >= 4 is 22.4 Å². The molecule has 0 aromatic heterocycles. The van der Waals surface area contributed by atoms with Crippen LogP contribution < -0.4 is 0 Å². The first-order chi connectivity index (χ1) is 11.3. The van der Waals surface area contributed by atoms with Crippen molar-refractivity contribution in [2.45, 2.75) is 0 Å². The van der Waals surface area contributed by atoms with E-state index in [1.165, 1.54) is 27.5 Å². The van der Waals surface area contributed by atoms with Crippen LogP contribution in [0.4, 0.5) is 0 Å². The second-order valence-electron chi connectivity index (χ2n) is 5.65. The zero-order valence-electron chi connectivity index (χ0n) is 12.5. The summed E-state index contributed by atoms with van der Waals surface area (Å²) in [6, 6.07) is 31.6. The van der Waals surface area contributed by atoms with Crippen molar-refractivity contribution in [3.63, 3.8) is 0 Å². The Morgan fingerprint density at radius 1 is 0.435 bits per heavy atom. The molecule has 0 heterocycles. The third-order valence-corrected chi connectivity index (χ3v) is 4.34. The first-order valence-corrected chi connectivity index (χ1v) is 8.03. The predicted molar refractivity (Wildman–Crippen MR) is 99.8 cm³/mol. The number of hydrogen-bond acceptors (Lipinski definition) is 0. The van der Waals surface area contributed by atoms with Crippen LogP contribution in [0.2, 0.25) is 5.02 Å². The molecule has 23 heavy (non-hydrogen) atoms. The van der Waals surface area contributed by atoms with Crippen molar-refractivity contribution in [2.75, 3.05) is 0 Å². The van der Waals surface area contributed by atoms with Crippen molar-refractivity contribution in [2.24, 2.45) is 0 Å². The monoisotopic (exact) mass is 314 g/mol. The van der Waals surface area contributed by atoms with E-state index in [4.69, 9.17) is 11.6 Å². The topological polar surface area (TPSA) is 0 Å². The fourth-order valence-corrected chi connectivity index (χ4v) is 3.09. The second kappa shape index (κ2) is 5.91. The molecule has 4 aromatic carbocycles. The molecule has 0 nitrogen and oxygen atoms in total. The van der Waals surface area contributed by atoms with Gasteiger partial charge in [-0.3, -0.25) is 0 Å². The van der Waals surface area contributed by atoms with Gasteiger partial charge in [-0.2, -0.15) is 0 Å². The largest absolute Gasteiger partial charge is 0.0843 e. The maximum absolute atomic E-state index is 6.10. The summed E-state index contributed by atoms with van der Waals surface area (Å²) in [5, 5.41) is 3.25. The van der Waals surface area contributed by atoms with Crippen LogP contribution in [0.1, 0.15) is 0 Å². The van der Waals surface area contributed by atoms with Gasteiger partial charge in [0.05, 0.1) is 0 Å². The van der Waals surface area contributed by atoms with Gasteiger partial charge in [0.15, 0.2) is 0 Å². The van der Waals surface area contributed by atoms with Gasteiger partial charge in [0.2, 0.25) is 0 Å². The lowest BCUT2D eigenvalue weighted by Gasteiger charge is -2.07. The average molecular weight is 315 g/mol.